The largest absolute Gasteiger partial charge is 0.483 e. The lowest BCUT2D eigenvalue weighted by Crippen LogP contribution is -2.21. The normalized spacial score (nSPS) is 14.9. The predicted molar refractivity (Wildman–Crippen MR) is 166 cm³/mol. The molecule has 1 fully saturated rings. The first-order valence-corrected chi connectivity index (χ1v) is 14.6. The van der Waals surface area contributed by atoms with E-state index in [4.69, 9.17) is 21.5 Å². The van der Waals surface area contributed by atoms with Crippen molar-refractivity contribution in [3.05, 3.63) is 95.2 Å². The number of imidazole rings is 1. The molecule has 1 aliphatic heterocycles. The van der Waals surface area contributed by atoms with E-state index in [1.54, 1.807) is 28.8 Å². The molecule has 0 radical (unpaired) electrons. The number of amides is 1. The minimum atomic E-state index is -4.66. The van der Waals surface area contributed by atoms with Crippen molar-refractivity contribution in [2.75, 3.05) is 25.5 Å². The highest BCUT2D eigenvalue weighted by atomic mass is 35.5. The van der Waals surface area contributed by atoms with Crippen LogP contribution in [-0.2, 0) is 24.1 Å². The number of alkyl halides is 3. The van der Waals surface area contributed by atoms with E-state index in [1.165, 1.54) is 35.9 Å². The first-order valence-electron chi connectivity index (χ1n) is 14.2. The molecule has 46 heavy (non-hydrogen) atoms. The summed E-state index contributed by atoms with van der Waals surface area (Å²) in [5.74, 6) is 0.164. The molecule has 1 amide bonds. The lowest BCUT2D eigenvalue weighted by molar-refractivity contribution is -0.141. The Morgan fingerprint density at radius 3 is 2.63 bits per heavy atom. The molecule has 3 aromatic heterocycles. The highest BCUT2D eigenvalue weighted by Gasteiger charge is 2.39. The van der Waals surface area contributed by atoms with Crippen molar-refractivity contribution in [2.45, 2.75) is 25.7 Å². The standard InChI is InChI=1S/C30H28ClF3N8O.CH2O2/c1-35-29(43)22-8-7-21(13-24(22)31)38-27-28-37-14-25(42(28)12-10-36-27)23-18-41(39-26(23)30(32,33)34)17-20-9-11-40(16-20)15-19-5-3-2-4-6-19;2-1-3/h2-8,10,12-14,18,20H,9,11,15-17H2,1H3,(H,35,43)(H,36,38);1H,(H,2,3). The molecule has 11 nitrogen and oxygen atoms in total. The van der Waals surface area contributed by atoms with Crippen LogP contribution in [0.5, 0.6) is 0 Å². The van der Waals surface area contributed by atoms with Crippen LogP contribution in [0.2, 0.25) is 5.02 Å². The number of hydrogen-bond donors (Lipinski definition) is 3. The zero-order valence-corrected chi connectivity index (χ0v) is 25.3. The molecule has 0 bridgehead atoms. The highest BCUT2D eigenvalue weighted by Crippen LogP contribution is 2.37. The van der Waals surface area contributed by atoms with Crippen molar-refractivity contribution < 1.29 is 27.9 Å². The van der Waals surface area contributed by atoms with Gasteiger partial charge in [0.15, 0.2) is 17.2 Å². The topological polar surface area (TPSA) is 130 Å². The van der Waals surface area contributed by atoms with Crippen molar-refractivity contribution >= 4 is 41.1 Å². The molecule has 1 saturated heterocycles. The fourth-order valence-electron chi connectivity index (χ4n) is 5.48. The molecule has 240 valence electrons. The molecule has 0 saturated carbocycles. The molecule has 0 spiro atoms. The SMILES string of the molecule is CNC(=O)c1ccc(Nc2nccn3c(-c4cn(CC5CCN(Cc6ccccc6)C5)nc4C(F)(F)F)cnc23)cc1Cl.O=CO. The van der Waals surface area contributed by atoms with Gasteiger partial charge in [0.05, 0.1) is 28.0 Å². The summed E-state index contributed by atoms with van der Waals surface area (Å²) in [5, 5.41) is 16.7. The van der Waals surface area contributed by atoms with Gasteiger partial charge in [0.1, 0.15) is 0 Å². The fraction of sp³-hybridized carbons (Fsp3) is 0.258. The molecule has 6 rings (SSSR count). The van der Waals surface area contributed by atoms with Crippen LogP contribution in [0.3, 0.4) is 0 Å². The Bertz CT molecular complexity index is 1830. The molecular weight excluding hydrogens is 625 g/mol. The number of fused-ring (bicyclic) bond motifs is 1. The Balaban J connectivity index is 0.00000134. The summed E-state index contributed by atoms with van der Waals surface area (Å²) in [6.07, 6.45) is 2.10. The summed E-state index contributed by atoms with van der Waals surface area (Å²) in [5.41, 5.74) is 1.59. The second kappa shape index (κ2) is 14.0. The average Bonchev–Trinajstić information content (AvgIpc) is 3.77. The average molecular weight is 655 g/mol. The van der Waals surface area contributed by atoms with E-state index >= 15 is 0 Å². The van der Waals surface area contributed by atoms with Gasteiger partial charge in [-0.2, -0.15) is 18.3 Å². The van der Waals surface area contributed by atoms with Crippen LogP contribution in [0.4, 0.5) is 24.7 Å². The van der Waals surface area contributed by atoms with Crippen LogP contribution in [-0.4, -0.2) is 66.7 Å². The number of anilines is 2. The maximum atomic E-state index is 14.2. The molecule has 2 aromatic carbocycles. The quantitative estimate of drug-likeness (QED) is 0.185. The number of carbonyl (C=O) groups is 2. The van der Waals surface area contributed by atoms with Crippen molar-refractivity contribution in [1.82, 2.24) is 34.4 Å². The molecule has 5 aromatic rings. The number of benzene rings is 2. The molecular formula is C31H30ClF3N8O3. The van der Waals surface area contributed by atoms with E-state index in [2.05, 4.69) is 42.7 Å². The smallest absolute Gasteiger partial charge is 0.435 e. The minimum Gasteiger partial charge on any atom is -0.483 e. The maximum Gasteiger partial charge on any atom is 0.435 e. The zero-order chi connectivity index (χ0) is 32.8. The van der Waals surface area contributed by atoms with Crippen LogP contribution in [0, 0.1) is 5.92 Å². The third kappa shape index (κ3) is 7.29. The number of aromatic nitrogens is 5. The Kier molecular flexibility index (Phi) is 9.87. The number of likely N-dealkylation sites (tertiary alicyclic amines) is 1. The highest BCUT2D eigenvalue weighted by molar-refractivity contribution is 6.34. The second-order valence-corrected chi connectivity index (χ2v) is 11.0. The summed E-state index contributed by atoms with van der Waals surface area (Å²) < 4.78 is 45.6. The van der Waals surface area contributed by atoms with Crippen molar-refractivity contribution in [3.8, 4) is 11.3 Å². The number of nitrogens with zero attached hydrogens (tertiary/aromatic N) is 6. The van der Waals surface area contributed by atoms with Gasteiger partial charge in [-0.1, -0.05) is 41.9 Å². The zero-order valence-electron chi connectivity index (χ0n) is 24.6. The van der Waals surface area contributed by atoms with Crippen LogP contribution in [0.25, 0.3) is 16.9 Å². The Hall–Kier alpha value is -4.95. The van der Waals surface area contributed by atoms with Crippen LogP contribution in [0.1, 0.15) is 28.0 Å². The molecule has 1 unspecified atom stereocenters. The molecule has 15 heteroatoms. The molecule has 1 aliphatic rings. The van der Waals surface area contributed by atoms with E-state index in [9.17, 15) is 18.0 Å². The summed E-state index contributed by atoms with van der Waals surface area (Å²) in [7, 11) is 1.51. The van der Waals surface area contributed by atoms with Gasteiger partial charge >= 0.3 is 6.18 Å². The van der Waals surface area contributed by atoms with Gasteiger partial charge in [-0.3, -0.25) is 23.6 Å². The lowest BCUT2D eigenvalue weighted by Gasteiger charge is -2.16. The van der Waals surface area contributed by atoms with Crippen molar-refractivity contribution in [3.63, 3.8) is 0 Å². The van der Waals surface area contributed by atoms with E-state index in [-0.39, 0.29) is 34.6 Å². The summed E-state index contributed by atoms with van der Waals surface area (Å²) in [6, 6.07) is 14.9. The number of carbonyl (C=O) groups excluding carboxylic acids is 1. The Labute approximate surface area is 266 Å². The first-order chi connectivity index (χ1) is 22.1. The van der Waals surface area contributed by atoms with Crippen LogP contribution in [0.15, 0.2) is 73.3 Å². The van der Waals surface area contributed by atoms with Gasteiger partial charge in [0, 0.05) is 51.0 Å². The number of carboxylic acid groups (broad SMARTS) is 1. The van der Waals surface area contributed by atoms with E-state index in [0.717, 1.165) is 26.1 Å². The molecule has 4 heterocycles. The second-order valence-electron chi connectivity index (χ2n) is 10.6. The maximum absolute atomic E-state index is 14.2. The number of hydrogen-bond acceptors (Lipinski definition) is 7. The summed E-state index contributed by atoms with van der Waals surface area (Å²) in [4.78, 5) is 31.4. The summed E-state index contributed by atoms with van der Waals surface area (Å²) in [6.45, 7) is 2.61. The van der Waals surface area contributed by atoms with E-state index in [0.29, 0.717) is 29.3 Å². The lowest BCUT2D eigenvalue weighted by atomic mass is 10.1. The number of halogens is 4. The van der Waals surface area contributed by atoms with Gasteiger partial charge in [0.25, 0.3) is 12.4 Å². The van der Waals surface area contributed by atoms with Crippen LogP contribution < -0.4 is 10.6 Å². The van der Waals surface area contributed by atoms with Gasteiger partial charge in [-0.05, 0) is 42.6 Å². The van der Waals surface area contributed by atoms with E-state index in [1.807, 2.05) is 18.2 Å². The van der Waals surface area contributed by atoms with Gasteiger partial charge < -0.3 is 15.7 Å². The Morgan fingerprint density at radius 1 is 1.17 bits per heavy atom. The predicted octanol–water partition coefficient (Wildman–Crippen LogP) is 5.59. The monoisotopic (exact) mass is 654 g/mol. The van der Waals surface area contributed by atoms with Crippen molar-refractivity contribution in [2.24, 2.45) is 5.92 Å². The Morgan fingerprint density at radius 2 is 1.93 bits per heavy atom. The first kappa shape index (κ1) is 32.4. The minimum absolute atomic E-state index is 0.0609. The fourth-order valence-corrected chi connectivity index (χ4v) is 5.74. The molecule has 1 atom stereocenters. The third-order valence-electron chi connectivity index (χ3n) is 7.50. The van der Waals surface area contributed by atoms with Gasteiger partial charge in [0.2, 0.25) is 0 Å². The van der Waals surface area contributed by atoms with Gasteiger partial charge in [-0.25, -0.2) is 9.97 Å². The number of rotatable bonds is 8. The third-order valence-corrected chi connectivity index (χ3v) is 7.81. The van der Waals surface area contributed by atoms with E-state index < -0.39 is 11.9 Å². The summed E-state index contributed by atoms with van der Waals surface area (Å²) >= 11 is 6.28. The van der Waals surface area contributed by atoms with Gasteiger partial charge in [-0.15, -0.1) is 0 Å². The molecule has 0 aliphatic carbocycles. The number of nitrogens with one attached hydrogen (secondary N) is 2. The molecule has 3 N–H and O–H groups in total. The van der Waals surface area contributed by atoms with Crippen molar-refractivity contribution in [1.29, 1.82) is 0 Å². The van der Waals surface area contributed by atoms with Crippen LogP contribution >= 0.6 is 11.6 Å².